The highest BCUT2D eigenvalue weighted by atomic mass is 35.5. The van der Waals surface area contributed by atoms with Crippen LogP contribution in [0.2, 0.25) is 10.3 Å². The molecule has 186 valence electrons. The van der Waals surface area contributed by atoms with Crippen LogP contribution < -0.4 is 15.2 Å². The first kappa shape index (κ1) is 28.0. The maximum Gasteiger partial charge on any atom is 0.524 e. The topological polar surface area (TPSA) is 138 Å². The van der Waals surface area contributed by atoms with Crippen LogP contribution in [0, 0.1) is 11.7 Å². The monoisotopic (exact) mass is 535 g/mol. The van der Waals surface area contributed by atoms with Gasteiger partial charge in [0.05, 0.1) is 5.56 Å². The fourth-order valence-corrected chi connectivity index (χ4v) is 4.02. The molecule has 0 bridgehead atoms. The Kier molecular flexibility index (Phi) is 9.84. The first-order valence-corrected chi connectivity index (χ1v) is 12.5. The second-order valence-corrected chi connectivity index (χ2v) is 9.97. The Hall–Kier alpha value is -2.23. The summed E-state index contributed by atoms with van der Waals surface area (Å²) < 4.78 is 29.3. The highest BCUT2D eigenvalue weighted by molar-refractivity contribution is 7.46. The molecule has 0 fully saturated rings. The van der Waals surface area contributed by atoms with Crippen LogP contribution >= 0.6 is 31.0 Å². The molecule has 0 aliphatic rings. The van der Waals surface area contributed by atoms with Crippen LogP contribution in [0.5, 0.6) is 5.75 Å². The van der Waals surface area contributed by atoms with Crippen molar-refractivity contribution in [2.45, 2.75) is 45.7 Å². The number of nitrogens with one attached hydrogen (secondary N) is 2. The average Bonchev–Trinajstić information content (AvgIpc) is 2.69. The predicted molar refractivity (Wildman–Crippen MR) is 125 cm³/mol. The number of rotatable bonds is 10. The molecule has 9 nitrogen and oxygen atoms in total. The second-order valence-electron chi connectivity index (χ2n) is 8.09. The molecule has 4 N–H and O–H groups in total. The summed E-state index contributed by atoms with van der Waals surface area (Å²) in [7, 11) is -4.72. The SMILES string of the molecule is CC(C)CC(C)NC(=O)C(Cc1ccc(OP(=O)(O)O)cc1)NC(=O)c1cc(F)c(Cl)nc1Cl. The Morgan fingerprint density at radius 3 is 2.29 bits per heavy atom. The summed E-state index contributed by atoms with van der Waals surface area (Å²) in [5, 5.41) is 4.57. The molecule has 0 radical (unpaired) electrons. The minimum Gasteiger partial charge on any atom is -0.404 e. The Bertz CT molecular complexity index is 1080. The van der Waals surface area contributed by atoms with Gasteiger partial charge in [-0.3, -0.25) is 19.4 Å². The van der Waals surface area contributed by atoms with Crippen LogP contribution in [-0.4, -0.2) is 38.7 Å². The van der Waals surface area contributed by atoms with Gasteiger partial charge in [-0.25, -0.2) is 13.9 Å². The van der Waals surface area contributed by atoms with Crippen molar-refractivity contribution in [3.63, 3.8) is 0 Å². The van der Waals surface area contributed by atoms with Crippen LogP contribution in [0.4, 0.5) is 4.39 Å². The number of carbonyl (C=O) groups is 2. The molecule has 1 aromatic heterocycles. The number of pyridine rings is 1. The number of halogens is 3. The molecule has 34 heavy (non-hydrogen) atoms. The van der Waals surface area contributed by atoms with E-state index in [4.69, 9.17) is 33.0 Å². The number of amides is 2. The summed E-state index contributed by atoms with van der Waals surface area (Å²) in [5.74, 6) is -1.99. The lowest BCUT2D eigenvalue weighted by molar-refractivity contribution is -0.123. The summed E-state index contributed by atoms with van der Waals surface area (Å²) in [6.45, 7) is 5.85. The highest BCUT2D eigenvalue weighted by Gasteiger charge is 2.26. The lowest BCUT2D eigenvalue weighted by Gasteiger charge is -2.23. The van der Waals surface area contributed by atoms with Crippen molar-refractivity contribution in [3.8, 4) is 5.75 Å². The summed E-state index contributed by atoms with van der Waals surface area (Å²) in [5.41, 5.74) is 0.267. The van der Waals surface area contributed by atoms with Crippen molar-refractivity contribution in [1.29, 1.82) is 0 Å². The zero-order valence-electron chi connectivity index (χ0n) is 18.6. The van der Waals surface area contributed by atoms with Gasteiger partial charge in [0, 0.05) is 12.5 Å². The maximum atomic E-state index is 13.8. The third-order valence-corrected chi connectivity index (χ3v) is 5.56. The fraction of sp³-hybridized carbons (Fsp3) is 0.381. The van der Waals surface area contributed by atoms with Crippen molar-refractivity contribution in [2.75, 3.05) is 0 Å². The molecule has 2 aromatic rings. The molecule has 2 amide bonds. The molecule has 0 saturated carbocycles. The third-order valence-electron chi connectivity index (χ3n) is 4.55. The molecular weight excluding hydrogens is 511 g/mol. The molecule has 0 saturated heterocycles. The number of carbonyl (C=O) groups excluding carboxylic acids is 2. The number of hydrogen-bond acceptors (Lipinski definition) is 5. The van der Waals surface area contributed by atoms with Gasteiger partial charge in [-0.2, -0.15) is 0 Å². The third kappa shape index (κ3) is 8.85. The molecule has 0 aliphatic heterocycles. The molecule has 0 aliphatic carbocycles. The van der Waals surface area contributed by atoms with Crippen molar-refractivity contribution >= 4 is 42.8 Å². The van der Waals surface area contributed by atoms with Crippen molar-refractivity contribution in [3.05, 3.63) is 57.6 Å². The van der Waals surface area contributed by atoms with Crippen molar-refractivity contribution in [2.24, 2.45) is 5.92 Å². The van der Waals surface area contributed by atoms with Gasteiger partial charge in [-0.15, -0.1) is 0 Å². The minimum atomic E-state index is -4.72. The van der Waals surface area contributed by atoms with Gasteiger partial charge in [-0.1, -0.05) is 49.2 Å². The summed E-state index contributed by atoms with van der Waals surface area (Å²) in [6, 6.07) is 5.20. The molecule has 1 heterocycles. The van der Waals surface area contributed by atoms with E-state index in [2.05, 4.69) is 20.1 Å². The van der Waals surface area contributed by atoms with Crippen LogP contribution in [0.25, 0.3) is 0 Å². The van der Waals surface area contributed by atoms with Crippen LogP contribution in [0.15, 0.2) is 30.3 Å². The van der Waals surface area contributed by atoms with Gasteiger partial charge < -0.3 is 15.2 Å². The van der Waals surface area contributed by atoms with E-state index in [1.165, 1.54) is 24.3 Å². The van der Waals surface area contributed by atoms with E-state index in [0.29, 0.717) is 17.9 Å². The average molecular weight is 536 g/mol. The molecule has 1 aromatic carbocycles. The van der Waals surface area contributed by atoms with E-state index >= 15 is 0 Å². The van der Waals surface area contributed by atoms with Gasteiger partial charge in [0.1, 0.15) is 16.9 Å². The smallest absolute Gasteiger partial charge is 0.404 e. The Morgan fingerprint density at radius 2 is 1.74 bits per heavy atom. The zero-order valence-corrected chi connectivity index (χ0v) is 21.0. The summed E-state index contributed by atoms with van der Waals surface area (Å²) >= 11 is 11.5. The second kappa shape index (κ2) is 12.0. The summed E-state index contributed by atoms with van der Waals surface area (Å²) in [4.78, 5) is 47.1. The number of hydrogen-bond donors (Lipinski definition) is 4. The van der Waals surface area contributed by atoms with E-state index in [1.807, 2.05) is 20.8 Å². The minimum absolute atomic E-state index is 0.0171. The molecule has 2 rings (SSSR count). The Balaban J connectivity index is 2.25. The molecule has 2 atom stereocenters. The number of phosphoric ester groups is 1. The summed E-state index contributed by atoms with van der Waals surface area (Å²) in [6.07, 6.45) is 0.724. The molecule has 2 unspecified atom stereocenters. The largest absolute Gasteiger partial charge is 0.524 e. The normalized spacial score (nSPS) is 13.3. The fourth-order valence-electron chi connectivity index (χ4n) is 3.22. The quantitative estimate of drug-likeness (QED) is 0.267. The standard InChI is InChI=1S/C21H25Cl2FN3O6P/c1-11(2)8-12(3)25-21(29)17(9-13-4-6-14(7-5-13)33-34(30,31)32)26-20(28)15-10-16(24)19(23)27-18(15)22/h4-7,10-12,17H,8-9H2,1-3H3,(H,25,29)(H,26,28)(H2,30,31,32). The van der Waals surface area contributed by atoms with Crippen LogP contribution in [0.3, 0.4) is 0 Å². The van der Waals surface area contributed by atoms with Crippen LogP contribution in [0.1, 0.15) is 43.1 Å². The Morgan fingerprint density at radius 1 is 1.12 bits per heavy atom. The van der Waals surface area contributed by atoms with Gasteiger partial charge >= 0.3 is 7.82 Å². The number of nitrogens with zero attached hydrogens (tertiary/aromatic N) is 1. The van der Waals surface area contributed by atoms with E-state index in [-0.39, 0.29) is 28.9 Å². The lowest BCUT2D eigenvalue weighted by atomic mass is 10.0. The maximum absolute atomic E-state index is 13.8. The van der Waals surface area contributed by atoms with Crippen molar-refractivity contribution < 1.29 is 32.9 Å². The van der Waals surface area contributed by atoms with E-state index in [1.54, 1.807) is 0 Å². The molecular formula is C21H25Cl2FN3O6P. The lowest BCUT2D eigenvalue weighted by Crippen LogP contribution is -2.50. The van der Waals surface area contributed by atoms with Gasteiger partial charge in [0.2, 0.25) is 5.91 Å². The van der Waals surface area contributed by atoms with E-state index in [9.17, 15) is 18.5 Å². The predicted octanol–water partition coefficient (Wildman–Crippen LogP) is 3.89. The van der Waals surface area contributed by atoms with E-state index < -0.39 is 36.6 Å². The number of aromatic nitrogens is 1. The van der Waals surface area contributed by atoms with E-state index in [0.717, 1.165) is 6.07 Å². The van der Waals surface area contributed by atoms with Gasteiger partial charge in [-0.05, 0) is 43.0 Å². The Labute approximate surface area is 206 Å². The number of benzene rings is 1. The van der Waals surface area contributed by atoms with Crippen LogP contribution in [-0.2, 0) is 15.8 Å². The van der Waals surface area contributed by atoms with Crippen molar-refractivity contribution in [1.82, 2.24) is 15.6 Å². The zero-order chi connectivity index (χ0) is 25.6. The molecule has 0 spiro atoms. The first-order chi connectivity index (χ1) is 15.7. The number of phosphoric acid groups is 1. The van der Waals surface area contributed by atoms with Gasteiger partial charge in [0.25, 0.3) is 5.91 Å². The van der Waals surface area contributed by atoms with Gasteiger partial charge in [0.15, 0.2) is 11.0 Å². The highest BCUT2D eigenvalue weighted by Crippen LogP contribution is 2.37. The first-order valence-electron chi connectivity index (χ1n) is 10.2. The molecule has 13 heteroatoms.